The molecule has 0 atom stereocenters. The Balaban J connectivity index is 1.80. The Morgan fingerprint density at radius 3 is 2.38 bits per heavy atom. The number of pyridine rings is 1. The van der Waals surface area contributed by atoms with Gasteiger partial charge in [-0.05, 0) is 49.1 Å². The van der Waals surface area contributed by atoms with Crippen LogP contribution in [0.4, 0.5) is 8.78 Å². The second-order valence-electron chi connectivity index (χ2n) is 9.43. The molecule has 2 aromatic carbocycles. The second-order valence-corrected chi connectivity index (χ2v) is 9.43. The molecule has 0 unspecified atom stereocenters. The Kier molecular flexibility index (Phi) is 5.04. The highest BCUT2D eigenvalue weighted by atomic mass is 19.1. The van der Waals surface area contributed by atoms with E-state index in [0.29, 0.717) is 29.8 Å². The number of rotatable bonds is 3. The van der Waals surface area contributed by atoms with Crippen molar-refractivity contribution in [1.29, 1.82) is 0 Å². The molecule has 0 saturated carbocycles. The van der Waals surface area contributed by atoms with E-state index < -0.39 is 17.2 Å². The molecule has 0 N–H and O–H groups in total. The van der Waals surface area contributed by atoms with Gasteiger partial charge in [0.2, 0.25) is 0 Å². The van der Waals surface area contributed by atoms with Crippen LogP contribution in [0.5, 0.6) is 0 Å². The molecular formula is C26H22F2N4O2. The fourth-order valence-corrected chi connectivity index (χ4v) is 4.50. The zero-order valence-corrected chi connectivity index (χ0v) is 19.0. The lowest BCUT2D eigenvalue weighted by Gasteiger charge is -2.32. The van der Waals surface area contributed by atoms with Crippen molar-refractivity contribution in [1.82, 2.24) is 19.3 Å². The molecule has 6 nitrogen and oxygen atoms in total. The predicted molar refractivity (Wildman–Crippen MR) is 123 cm³/mol. The fourth-order valence-electron chi connectivity index (χ4n) is 4.50. The number of carbonyl (C=O) groups is 1. The minimum absolute atomic E-state index is 0.0552. The molecule has 4 aromatic rings. The van der Waals surface area contributed by atoms with Crippen LogP contribution >= 0.6 is 0 Å². The van der Waals surface area contributed by atoms with Crippen LogP contribution in [0.25, 0.3) is 22.8 Å². The summed E-state index contributed by atoms with van der Waals surface area (Å²) in [5.41, 5.74) is 2.07. The number of benzene rings is 2. The van der Waals surface area contributed by atoms with Gasteiger partial charge in [-0.3, -0.25) is 14.2 Å². The first-order chi connectivity index (χ1) is 16.1. The van der Waals surface area contributed by atoms with Crippen LogP contribution in [0.3, 0.4) is 0 Å². The number of hydrogen-bond acceptors (Lipinski definition) is 4. The number of hydrogen-bond donors (Lipinski definition) is 0. The van der Waals surface area contributed by atoms with E-state index in [1.54, 1.807) is 4.57 Å². The van der Waals surface area contributed by atoms with Gasteiger partial charge in [0.1, 0.15) is 17.8 Å². The SMILES string of the molecule is Cc1ccc(-n2c3c(cc(-c4ncnn4-c4ccc(F)cc4F)c2=O)C(=O)CC(C)(C)C3)cc1. The summed E-state index contributed by atoms with van der Waals surface area (Å²) in [6.07, 6.45) is 2.07. The van der Waals surface area contributed by atoms with Crippen LogP contribution in [0.15, 0.2) is 59.7 Å². The van der Waals surface area contributed by atoms with E-state index in [2.05, 4.69) is 10.1 Å². The summed E-state index contributed by atoms with van der Waals surface area (Å²) in [4.78, 5) is 31.2. The normalized spacial score (nSPS) is 14.8. The standard InChI is InChI=1S/C26H22F2N4O2/c1-15-4-7-17(8-5-15)31-22-12-26(2,3)13-23(33)18(22)11-19(25(31)34)24-29-14-30-32(24)21-9-6-16(27)10-20(21)28/h4-11,14H,12-13H2,1-3H3. The lowest BCUT2D eigenvalue weighted by Crippen LogP contribution is -2.35. The molecule has 0 amide bonds. The fraction of sp³-hybridized carbons (Fsp3) is 0.231. The maximum atomic E-state index is 14.5. The quantitative estimate of drug-likeness (QED) is 0.439. The number of fused-ring (bicyclic) bond motifs is 1. The minimum Gasteiger partial charge on any atom is -0.294 e. The van der Waals surface area contributed by atoms with E-state index in [1.807, 2.05) is 45.0 Å². The van der Waals surface area contributed by atoms with Crippen molar-refractivity contribution in [3.05, 3.63) is 93.7 Å². The van der Waals surface area contributed by atoms with Crippen LogP contribution in [0.2, 0.25) is 0 Å². The molecule has 0 saturated heterocycles. The maximum Gasteiger partial charge on any atom is 0.266 e. The molecule has 2 heterocycles. The summed E-state index contributed by atoms with van der Waals surface area (Å²) in [5, 5.41) is 4.07. The first kappa shape index (κ1) is 21.9. The smallest absolute Gasteiger partial charge is 0.266 e. The van der Waals surface area contributed by atoms with Crippen molar-refractivity contribution < 1.29 is 13.6 Å². The van der Waals surface area contributed by atoms with Crippen LogP contribution < -0.4 is 5.56 Å². The van der Waals surface area contributed by atoms with Crippen LogP contribution in [0.1, 0.15) is 41.9 Å². The molecule has 34 heavy (non-hydrogen) atoms. The summed E-state index contributed by atoms with van der Waals surface area (Å²) in [6, 6.07) is 12.1. The summed E-state index contributed by atoms with van der Waals surface area (Å²) < 4.78 is 30.7. The molecule has 1 aliphatic rings. The number of carbonyl (C=O) groups excluding carboxylic acids is 1. The van der Waals surface area contributed by atoms with Gasteiger partial charge in [0, 0.05) is 29.4 Å². The molecule has 0 aliphatic heterocycles. The van der Waals surface area contributed by atoms with Crippen molar-refractivity contribution in [2.45, 2.75) is 33.6 Å². The zero-order chi connectivity index (χ0) is 24.2. The van der Waals surface area contributed by atoms with Crippen LogP contribution in [0, 0.1) is 24.0 Å². The van der Waals surface area contributed by atoms with Gasteiger partial charge in [0.25, 0.3) is 5.56 Å². The number of ketones is 1. The monoisotopic (exact) mass is 460 g/mol. The number of aromatic nitrogens is 4. The highest BCUT2D eigenvalue weighted by Crippen LogP contribution is 2.36. The summed E-state index contributed by atoms with van der Waals surface area (Å²) >= 11 is 0. The van der Waals surface area contributed by atoms with Gasteiger partial charge in [-0.2, -0.15) is 5.10 Å². The van der Waals surface area contributed by atoms with Crippen molar-refractivity contribution in [3.63, 3.8) is 0 Å². The van der Waals surface area contributed by atoms with E-state index in [-0.39, 0.29) is 28.3 Å². The van der Waals surface area contributed by atoms with Crippen LogP contribution in [-0.2, 0) is 6.42 Å². The molecule has 5 rings (SSSR count). The molecule has 0 fully saturated rings. The maximum absolute atomic E-state index is 14.5. The summed E-state index contributed by atoms with van der Waals surface area (Å²) in [6.45, 7) is 5.95. The van der Waals surface area contributed by atoms with Crippen molar-refractivity contribution in [3.8, 4) is 22.8 Å². The van der Waals surface area contributed by atoms with E-state index in [4.69, 9.17) is 0 Å². The second kappa shape index (κ2) is 7.83. The Morgan fingerprint density at radius 1 is 0.941 bits per heavy atom. The van der Waals surface area contributed by atoms with Crippen LogP contribution in [-0.4, -0.2) is 25.1 Å². The predicted octanol–water partition coefficient (Wildman–Crippen LogP) is 4.83. The Hall–Kier alpha value is -3.94. The molecule has 0 bridgehead atoms. The van der Waals surface area contributed by atoms with E-state index in [9.17, 15) is 18.4 Å². The third-order valence-electron chi connectivity index (χ3n) is 6.11. The number of Topliss-reactive ketones (excluding diaryl/α,β-unsaturated/α-hetero) is 1. The van der Waals surface area contributed by atoms with Gasteiger partial charge in [-0.25, -0.2) is 18.4 Å². The molecule has 8 heteroatoms. The topological polar surface area (TPSA) is 69.8 Å². The summed E-state index contributed by atoms with van der Waals surface area (Å²) in [7, 11) is 0. The highest BCUT2D eigenvalue weighted by Gasteiger charge is 2.35. The van der Waals surface area contributed by atoms with Gasteiger partial charge in [-0.15, -0.1) is 0 Å². The zero-order valence-electron chi connectivity index (χ0n) is 19.0. The minimum atomic E-state index is -0.846. The first-order valence-corrected chi connectivity index (χ1v) is 10.9. The van der Waals surface area contributed by atoms with Gasteiger partial charge < -0.3 is 0 Å². The van der Waals surface area contributed by atoms with E-state index in [0.717, 1.165) is 22.4 Å². The number of halogens is 2. The van der Waals surface area contributed by atoms with Gasteiger partial charge in [-0.1, -0.05) is 31.5 Å². The number of nitrogens with zero attached hydrogens (tertiary/aromatic N) is 4. The first-order valence-electron chi connectivity index (χ1n) is 10.9. The van der Waals surface area contributed by atoms with Crippen molar-refractivity contribution in [2.75, 3.05) is 0 Å². The third-order valence-corrected chi connectivity index (χ3v) is 6.11. The largest absolute Gasteiger partial charge is 0.294 e. The lowest BCUT2D eigenvalue weighted by atomic mass is 9.75. The molecule has 2 aromatic heterocycles. The molecule has 0 spiro atoms. The van der Waals surface area contributed by atoms with Crippen molar-refractivity contribution in [2.24, 2.45) is 5.41 Å². The Morgan fingerprint density at radius 2 is 1.68 bits per heavy atom. The van der Waals surface area contributed by atoms with E-state index in [1.165, 1.54) is 18.5 Å². The highest BCUT2D eigenvalue weighted by molar-refractivity contribution is 5.99. The van der Waals surface area contributed by atoms with E-state index >= 15 is 0 Å². The van der Waals surface area contributed by atoms with Gasteiger partial charge in [0.15, 0.2) is 17.4 Å². The molecular weight excluding hydrogens is 438 g/mol. The molecule has 0 radical (unpaired) electrons. The number of aryl methyl sites for hydroxylation is 1. The van der Waals surface area contributed by atoms with Gasteiger partial charge >= 0.3 is 0 Å². The molecule has 172 valence electrons. The average Bonchev–Trinajstić information content (AvgIpc) is 3.23. The summed E-state index contributed by atoms with van der Waals surface area (Å²) in [5.74, 6) is -1.59. The Bertz CT molecular complexity index is 1500. The van der Waals surface area contributed by atoms with Gasteiger partial charge in [0.05, 0.1) is 5.56 Å². The Labute approximate surface area is 194 Å². The average molecular weight is 460 g/mol. The third kappa shape index (κ3) is 3.65. The molecule has 1 aliphatic carbocycles. The van der Waals surface area contributed by atoms with Crippen molar-refractivity contribution >= 4 is 5.78 Å². The lowest BCUT2D eigenvalue weighted by molar-refractivity contribution is 0.0909.